The maximum absolute atomic E-state index is 13.2. The van der Waals surface area contributed by atoms with Gasteiger partial charge in [0, 0.05) is 25.7 Å². The largest absolute Gasteiger partial charge is 0.472 e. The minimum absolute atomic E-state index is 0.107. The van der Waals surface area contributed by atoms with Crippen LogP contribution >= 0.6 is 15.6 Å². The smallest absolute Gasteiger partial charge is 0.462 e. The number of carbonyl (C=O) groups is 4. The van der Waals surface area contributed by atoms with Gasteiger partial charge in [0.05, 0.1) is 26.4 Å². The first-order valence-electron chi connectivity index (χ1n) is 46.3. The van der Waals surface area contributed by atoms with Gasteiger partial charge in [-0.15, -0.1) is 0 Å². The van der Waals surface area contributed by atoms with Crippen molar-refractivity contribution in [2.75, 3.05) is 39.6 Å². The third-order valence-electron chi connectivity index (χ3n) is 21.8. The number of rotatable bonds is 87. The van der Waals surface area contributed by atoms with E-state index in [1.165, 1.54) is 270 Å². The zero-order valence-corrected chi connectivity index (χ0v) is 74.0. The fourth-order valence-corrected chi connectivity index (χ4v) is 15.5. The van der Waals surface area contributed by atoms with Crippen LogP contribution in [-0.2, 0) is 65.4 Å². The van der Waals surface area contributed by atoms with Crippen LogP contribution in [0.4, 0.5) is 0 Å². The normalized spacial score (nSPS) is 14.4. The molecule has 109 heavy (non-hydrogen) atoms. The van der Waals surface area contributed by atoms with Crippen LogP contribution in [0.3, 0.4) is 0 Å². The van der Waals surface area contributed by atoms with Gasteiger partial charge in [0.25, 0.3) is 0 Å². The molecule has 0 spiro atoms. The molecule has 3 N–H and O–H groups in total. The van der Waals surface area contributed by atoms with Gasteiger partial charge in [-0.2, -0.15) is 0 Å². The van der Waals surface area contributed by atoms with Crippen LogP contribution in [0.25, 0.3) is 0 Å². The molecule has 7 atom stereocenters. The van der Waals surface area contributed by atoms with Gasteiger partial charge in [-0.3, -0.25) is 37.3 Å². The van der Waals surface area contributed by atoms with Gasteiger partial charge in [0.1, 0.15) is 19.3 Å². The van der Waals surface area contributed by atoms with Crippen molar-refractivity contribution in [1.82, 2.24) is 0 Å². The Morgan fingerprint density at radius 3 is 0.651 bits per heavy atom. The molecule has 0 saturated carbocycles. The third-order valence-corrected chi connectivity index (χ3v) is 23.7. The molecule has 0 aromatic carbocycles. The van der Waals surface area contributed by atoms with Crippen molar-refractivity contribution in [2.45, 2.75) is 491 Å². The molecular formula is C90H176O17P2. The monoisotopic (exact) mass is 1590 g/mol. The first-order chi connectivity index (χ1) is 52.7. The average Bonchev–Trinajstić information content (AvgIpc) is 0.899. The van der Waals surface area contributed by atoms with Gasteiger partial charge >= 0.3 is 39.5 Å². The molecule has 0 aromatic rings. The van der Waals surface area contributed by atoms with E-state index in [0.29, 0.717) is 25.7 Å². The summed E-state index contributed by atoms with van der Waals surface area (Å²) in [6.45, 7) is 14.4. The molecule has 0 bridgehead atoms. The molecule has 0 rings (SSSR count). The van der Waals surface area contributed by atoms with E-state index in [2.05, 4.69) is 55.4 Å². The van der Waals surface area contributed by atoms with E-state index in [1.807, 2.05) is 0 Å². The molecule has 19 heteroatoms. The predicted molar refractivity (Wildman–Crippen MR) is 451 cm³/mol. The molecule has 0 radical (unpaired) electrons. The van der Waals surface area contributed by atoms with Gasteiger partial charge in [0.15, 0.2) is 12.2 Å². The Hall–Kier alpha value is -1.94. The second kappa shape index (κ2) is 78.6. The first kappa shape index (κ1) is 107. The Bertz CT molecular complexity index is 2110. The maximum atomic E-state index is 13.2. The summed E-state index contributed by atoms with van der Waals surface area (Å²) in [6.07, 6.45) is 69.5. The number of esters is 4. The third kappa shape index (κ3) is 81.0. The van der Waals surface area contributed by atoms with Gasteiger partial charge in [-0.05, 0) is 49.4 Å². The number of carbonyl (C=O) groups excluding carboxylic acids is 4. The molecule has 0 aliphatic heterocycles. The number of aliphatic hydroxyl groups excluding tert-OH is 1. The van der Waals surface area contributed by atoms with Crippen LogP contribution < -0.4 is 0 Å². The number of ether oxygens (including phenoxy) is 4. The highest BCUT2D eigenvalue weighted by atomic mass is 31.2. The maximum Gasteiger partial charge on any atom is 0.472 e. The lowest BCUT2D eigenvalue weighted by atomic mass is 9.99. The Balaban J connectivity index is 5.19. The summed E-state index contributed by atoms with van der Waals surface area (Å²) in [5.41, 5.74) is 0. The molecule has 0 fully saturated rings. The van der Waals surface area contributed by atoms with E-state index in [0.717, 1.165) is 120 Å². The van der Waals surface area contributed by atoms with Crippen molar-refractivity contribution < 1.29 is 80.2 Å². The van der Waals surface area contributed by atoms with Crippen molar-refractivity contribution in [2.24, 2.45) is 23.7 Å². The van der Waals surface area contributed by atoms with Crippen LogP contribution in [0.2, 0.25) is 0 Å². The lowest BCUT2D eigenvalue weighted by Crippen LogP contribution is -2.30. The topological polar surface area (TPSA) is 237 Å². The van der Waals surface area contributed by atoms with Crippen molar-refractivity contribution in [3.63, 3.8) is 0 Å². The molecule has 0 aliphatic rings. The number of phosphoric acid groups is 2. The summed E-state index contributed by atoms with van der Waals surface area (Å²) in [7, 11) is -9.93. The minimum Gasteiger partial charge on any atom is -0.462 e. The number of unbranched alkanes of at least 4 members (excludes halogenated alkanes) is 51. The summed E-state index contributed by atoms with van der Waals surface area (Å²) >= 11 is 0. The van der Waals surface area contributed by atoms with E-state index in [9.17, 15) is 43.2 Å². The second-order valence-corrected chi connectivity index (χ2v) is 36.7. The molecule has 648 valence electrons. The number of hydrogen-bond acceptors (Lipinski definition) is 15. The predicted octanol–water partition coefficient (Wildman–Crippen LogP) is 27.5. The van der Waals surface area contributed by atoms with E-state index >= 15 is 0 Å². The average molecular weight is 1590 g/mol. The summed E-state index contributed by atoms with van der Waals surface area (Å²) in [5, 5.41) is 10.7. The quantitative estimate of drug-likeness (QED) is 0.0222. The summed E-state index contributed by atoms with van der Waals surface area (Å²) in [5.74, 6) is 1.11. The summed E-state index contributed by atoms with van der Waals surface area (Å²) in [6, 6.07) is 0. The van der Waals surface area contributed by atoms with Gasteiger partial charge in [0.2, 0.25) is 0 Å². The lowest BCUT2D eigenvalue weighted by molar-refractivity contribution is -0.161. The van der Waals surface area contributed by atoms with Gasteiger partial charge < -0.3 is 33.8 Å². The standard InChI is InChI=1S/C90H176O17P2/c1-9-82(7)68-60-52-44-38-32-26-20-16-12-14-17-21-27-33-39-45-54-62-70-87(92)100-76-85(106-89(94)73-65-57-47-41-35-29-23-25-31-37-43-51-59-67-81(5)6)78-104-108(96,97)102-74-84(91)75-103-109(98,99)105-79-86(77-101-88(93)71-63-55-49-48-53-61-69-83(8)10-2)107-90(95)72-64-56-46-40-34-28-22-18-13-11-15-19-24-30-36-42-50-58-66-80(3)4/h80-86,91H,9-79H2,1-8H3,(H,96,97)(H,98,99)/t82?,83?,84-,85-,86-/m1/s1. The molecule has 0 aromatic heterocycles. The lowest BCUT2D eigenvalue weighted by Gasteiger charge is -2.21. The number of aliphatic hydroxyl groups is 1. The minimum atomic E-state index is -4.97. The van der Waals surface area contributed by atoms with E-state index < -0.39 is 97.5 Å². The fraction of sp³-hybridized carbons (Fsp3) is 0.956. The highest BCUT2D eigenvalue weighted by Crippen LogP contribution is 2.45. The van der Waals surface area contributed by atoms with Crippen LogP contribution in [0, 0.1) is 23.7 Å². The Kier molecular flexibility index (Phi) is 77.2. The number of hydrogen-bond donors (Lipinski definition) is 3. The zero-order chi connectivity index (χ0) is 80.2. The van der Waals surface area contributed by atoms with E-state index in [1.54, 1.807) is 0 Å². The molecule has 17 nitrogen and oxygen atoms in total. The molecular weight excluding hydrogens is 1410 g/mol. The van der Waals surface area contributed by atoms with Gasteiger partial charge in [-0.25, -0.2) is 9.13 Å². The van der Waals surface area contributed by atoms with Crippen LogP contribution in [0.15, 0.2) is 0 Å². The SMILES string of the molecule is CCC(C)CCCCCCCCCCCCCCCCCCCCC(=O)OC[C@H](COP(=O)(O)OC[C@@H](O)COP(=O)(O)OC[C@@H](COC(=O)CCCCCCCCC(C)CC)OC(=O)CCCCCCCCCCCCCCCCCCCCC(C)C)OC(=O)CCCCCCCCCCCCCCCC(C)C. The second-order valence-electron chi connectivity index (χ2n) is 33.8. The molecule has 0 saturated heterocycles. The summed E-state index contributed by atoms with van der Waals surface area (Å²) in [4.78, 5) is 73.3. The van der Waals surface area contributed by atoms with E-state index in [-0.39, 0.29) is 25.7 Å². The molecule has 0 aliphatic carbocycles. The first-order valence-corrected chi connectivity index (χ1v) is 49.3. The van der Waals surface area contributed by atoms with Crippen molar-refractivity contribution >= 4 is 39.5 Å². The van der Waals surface area contributed by atoms with Crippen molar-refractivity contribution in [1.29, 1.82) is 0 Å². The van der Waals surface area contributed by atoms with Gasteiger partial charge in [-0.1, -0.05) is 421 Å². The Morgan fingerprint density at radius 2 is 0.440 bits per heavy atom. The number of phosphoric ester groups is 2. The fourth-order valence-electron chi connectivity index (χ4n) is 14.0. The Labute approximate surface area is 670 Å². The van der Waals surface area contributed by atoms with Crippen molar-refractivity contribution in [3.8, 4) is 0 Å². The zero-order valence-electron chi connectivity index (χ0n) is 72.2. The van der Waals surface area contributed by atoms with Crippen LogP contribution in [-0.4, -0.2) is 96.7 Å². The Morgan fingerprint density at radius 1 is 0.257 bits per heavy atom. The highest BCUT2D eigenvalue weighted by Gasteiger charge is 2.31. The van der Waals surface area contributed by atoms with Crippen LogP contribution in [0.1, 0.15) is 473 Å². The molecule has 0 amide bonds. The molecule has 0 heterocycles. The highest BCUT2D eigenvalue weighted by molar-refractivity contribution is 7.47. The summed E-state index contributed by atoms with van der Waals surface area (Å²) < 4.78 is 69.0. The van der Waals surface area contributed by atoms with E-state index in [4.69, 9.17) is 37.0 Å². The molecule has 4 unspecified atom stereocenters. The van der Waals surface area contributed by atoms with Crippen LogP contribution in [0.5, 0.6) is 0 Å². The van der Waals surface area contributed by atoms with Crippen molar-refractivity contribution in [3.05, 3.63) is 0 Å².